The number of rotatable bonds is 5. The van der Waals surface area contributed by atoms with E-state index in [2.05, 4.69) is 5.32 Å². The van der Waals surface area contributed by atoms with Crippen LogP contribution in [-0.2, 0) is 4.79 Å². The van der Waals surface area contributed by atoms with E-state index in [-0.39, 0.29) is 18.6 Å². The Bertz CT molecular complexity index is 782. The highest BCUT2D eigenvalue weighted by atomic mass is 35.5. The number of carbonyl (C=O) groups excluding carboxylic acids is 1. The second kappa shape index (κ2) is 7.85. The molecule has 0 saturated carbocycles. The van der Waals surface area contributed by atoms with Crippen molar-refractivity contribution in [3.8, 4) is 17.2 Å². The summed E-state index contributed by atoms with van der Waals surface area (Å²) in [5.41, 5.74) is 0.915. The Hall–Kier alpha value is -2.11. The minimum atomic E-state index is -0.265. The summed E-state index contributed by atoms with van der Waals surface area (Å²) in [5.74, 6) is 1.51. The molecule has 0 saturated heterocycles. The number of hydrogen-bond donors (Lipinski definition) is 1. The number of nitrogens with one attached hydrogen (secondary N) is 1. The molecule has 0 fully saturated rings. The first-order chi connectivity index (χ1) is 12.0. The van der Waals surface area contributed by atoms with Gasteiger partial charge in [-0.25, -0.2) is 0 Å². The first-order valence-corrected chi connectivity index (χ1v) is 8.55. The van der Waals surface area contributed by atoms with Gasteiger partial charge in [-0.3, -0.25) is 4.79 Å². The van der Waals surface area contributed by atoms with Crippen LogP contribution in [0.1, 0.15) is 18.5 Å². The predicted molar refractivity (Wildman–Crippen MR) is 95.9 cm³/mol. The van der Waals surface area contributed by atoms with Gasteiger partial charge in [0.1, 0.15) is 19.0 Å². The lowest BCUT2D eigenvalue weighted by Crippen LogP contribution is -2.31. The molecule has 0 spiro atoms. The van der Waals surface area contributed by atoms with Gasteiger partial charge in [0, 0.05) is 11.1 Å². The summed E-state index contributed by atoms with van der Waals surface area (Å²) in [4.78, 5) is 12.1. The van der Waals surface area contributed by atoms with Crippen LogP contribution in [0.3, 0.4) is 0 Å². The van der Waals surface area contributed by atoms with E-state index in [0.29, 0.717) is 40.5 Å². The molecule has 1 aliphatic rings. The second-order valence-electron chi connectivity index (χ2n) is 5.56. The molecule has 7 heteroatoms. The summed E-state index contributed by atoms with van der Waals surface area (Å²) in [7, 11) is 0. The Morgan fingerprint density at radius 3 is 2.72 bits per heavy atom. The highest BCUT2D eigenvalue weighted by Gasteiger charge is 2.16. The van der Waals surface area contributed by atoms with Gasteiger partial charge in [-0.1, -0.05) is 29.3 Å². The quantitative estimate of drug-likeness (QED) is 0.849. The van der Waals surface area contributed by atoms with E-state index in [1.54, 1.807) is 18.2 Å². The molecule has 132 valence electrons. The van der Waals surface area contributed by atoms with E-state index in [0.717, 1.165) is 5.56 Å². The minimum absolute atomic E-state index is 0.158. The fraction of sp³-hybridized carbons (Fsp3) is 0.278. The number of fused-ring (bicyclic) bond motifs is 1. The van der Waals surface area contributed by atoms with Gasteiger partial charge in [0.25, 0.3) is 5.91 Å². The second-order valence-corrected chi connectivity index (χ2v) is 6.40. The zero-order valence-electron chi connectivity index (χ0n) is 13.6. The number of benzene rings is 2. The van der Waals surface area contributed by atoms with Gasteiger partial charge in [-0.2, -0.15) is 0 Å². The SMILES string of the molecule is CC(NC(=O)COc1cc(Cl)ccc1Cl)c1ccc2c(c1)OCCO2. The molecular formula is C18H17Cl2NO4. The smallest absolute Gasteiger partial charge is 0.258 e. The van der Waals surface area contributed by atoms with Crippen LogP contribution < -0.4 is 19.5 Å². The summed E-state index contributed by atoms with van der Waals surface area (Å²) >= 11 is 11.9. The molecule has 0 radical (unpaired) electrons. The van der Waals surface area contributed by atoms with Crippen LogP contribution in [0.4, 0.5) is 0 Å². The van der Waals surface area contributed by atoms with Crippen LogP contribution in [0.15, 0.2) is 36.4 Å². The molecule has 0 bridgehead atoms. The van der Waals surface area contributed by atoms with Gasteiger partial charge in [-0.05, 0) is 36.8 Å². The van der Waals surface area contributed by atoms with Crippen LogP contribution in [0.25, 0.3) is 0 Å². The van der Waals surface area contributed by atoms with Crippen molar-refractivity contribution < 1.29 is 19.0 Å². The highest BCUT2D eigenvalue weighted by Crippen LogP contribution is 2.32. The molecule has 1 heterocycles. The van der Waals surface area contributed by atoms with E-state index in [1.165, 1.54) is 0 Å². The van der Waals surface area contributed by atoms with Crippen LogP contribution in [-0.4, -0.2) is 25.7 Å². The Morgan fingerprint density at radius 2 is 1.92 bits per heavy atom. The molecule has 1 amide bonds. The zero-order chi connectivity index (χ0) is 17.8. The molecular weight excluding hydrogens is 365 g/mol. The maximum absolute atomic E-state index is 12.1. The number of hydrogen-bond acceptors (Lipinski definition) is 4. The lowest BCUT2D eigenvalue weighted by Gasteiger charge is -2.21. The molecule has 1 aliphatic heterocycles. The maximum Gasteiger partial charge on any atom is 0.258 e. The van der Waals surface area contributed by atoms with Crippen LogP contribution in [0.5, 0.6) is 17.2 Å². The lowest BCUT2D eigenvalue weighted by atomic mass is 10.1. The average Bonchev–Trinajstić information content (AvgIpc) is 2.62. The Morgan fingerprint density at radius 1 is 1.16 bits per heavy atom. The number of carbonyl (C=O) groups is 1. The van der Waals surface area contributed by atoms with E-state index in [9.17, 15) is 4.79 Å². The molecule has 25 heavy (non-hydrogen) atoms. The highest BCUT2D eigenvalue weighted by molar-refractivity contribution is 6.34. The topological polar surface area (TPSA) is 56.8 Å². The molecule has 1 atom stereocenters. The summed E-state index contributed by atoms with van der Waals surface area (Å²) in [6.07, 6.45) is 0. The van der Waals surface area contributed by atoms with Gasteiger partial charge >= 0.3 is 0 Å². The number of amides is 1. The normalized spacial score (nSPS) is 13.9. The third-order valence-electron chi connectivity index (χ3n) is 3.70. The molecule has 2 aromatic carbocycles. The molecule has 5 nitrogen and oxygen atoms in total. The number of ether oxygens (including phenoxy) is 3. The van der Waals surface area contributed by atoms with Crippen molar-refractivity contribution in [2.75, 3.05) is 19.8 Å². The van der Waals surface area contributed by atoms with Crippen LogP contribution in [0, 0.1) is 0 Å². The van der Waals surface area contributed by atoms with Crippen molar-refractivity contribution in [3.05, 3.63) is 52.0 Å². The van der Waals surface area contributed by atoms with Gasteiger partial charge in [0.15, 0.2) is 18.1 Å². The van der Waals surface area contributed by atoms with E-state index in [1.807, 2.05) is 25.1 Å². The monoisotopic (exact) mass is 381 g/mol. The van der Waals surface area contributed by atoms with Crippen LogP contribution >= 0.6 is 23.2 Å². The average molecular weight is 382 g/mol. The Kier molecular flexibility index (Phi) is 5.56. The molecule has 0 aromatic heterocycles. The zero-order valence-corrected chi connectivity index (χ0v) is 15.1. The molecule has 0 aliphatic carbocycles. The van der Waals surface area contributed by atoms with Crippen molar-refractivity contribution in [2.45, 2.75) is 13.0 Å². The van der Waals surface area contributed by atoms with E-state index in [4.69, 9.17) is 37.4 Å². The van der Waals surface area contributed by atoms with Crippen molar-refractivity contribution in [1.82, 2.24) is 5.32 Å². The minimum Gasteiger partial charge on any atom is -0.486 e. The Labute approximate surface area is 155 Å². The maximum atomic E-state index is 12.1. The van der Waals surface area contributed by atoms with E-state index >= 15 is 0 Å². The molecule has 3 rings (SSSR count). The van der Waals surface area contributed by atoms with Gasteiger partial charge in [0.2, 0.25) is 0 Å². The summed E-state index contributed by atoms with van der Waals surface area (Å²) in [5, 5.41) is 3.76. The van der Waals surface area contributed by atoms with Crippen LogP contribution in [0.2, 0.25) is 10.0 Å². The predicted octanol–water partition coefficient (Wildman–Crippen LogP) is 4.02. The summed E-state index contributed by atoms with van der Waals surface area (Å²) in [6.45, 7) is 2.79. The van der Waals surface area contributed by atoms with Crippen molar-refractivity contribution in [1.29, 1.82) is 0 Å². The summed E-state index contributed by atoms with van der Waals surface area (Å²) in [6, 6.07) is 10.2. The van der Waals surface area contributed by atoms with Gasteiger partial charge < -0.3 is 19.5 Å². The van der Waals surface area contributed by atoms with Crippen molar-refractivity contribution in [2.24, 2.45) is 0 Å². The third kappa shape index (κ3) is 4.50. The summed E-state index contributed by atoms with van der Waals surface area (Å²) < 4.78 is 16.5. The first-order valence-electron chi connectivity index (χ1n) is 7.79. The third-order valence-corrected chi connectivity index (χ3v) is 4.24. The van der Waals surface area contributed by atoms with E-state index < -0.39 is 0 Å². The standard InChI is InChI=1S/C18H17Cl2NO4/c1-11(12-2-5-15-17(8-12)24-7-6-23-15)21-18(22)10-25-16-9-13(19)3-4-14(16)20/h2-5,8-9,11H,6-7,10H2,1H3,(H,21,22). The van der Waals surface area contributed by atoms with Crippen molar-refractivity contribution >= 4 is 29.1 Å². The molecule has 1 N–H and O–H groups in total. The number of halogens is 2. The molecule has 1 unspecified atom stereocenters. The first kappa shape index (κ1) is 17.7. The fourth-order valence-corrected chi connectivity index (χ4v) is 2.76. The molecule has 2 aromatic rings. The Balaban J connectivity index is 1.58. The van der Waals surface area contributed by atoms with Gasteiger partial charge in [0.05, 0.1) is 11.1 Å². The lowest BCUT2D eigenvalue weighted by molar-refractivity contribution is -0.123. The largest absolute Gasteiger partial charge is 0.486 e. The van der Waals surface area contributed by atoms with Gasteiger partial charge in [-0.15, -0.1) is 0 Å². The fourth-order valence-electron chi connectivity index (χ4n) is 2.43. The van der Waals surface area contributed by atoms with Crippen molar-refractivity contribution in [3.63, 3.8) is 0 Å².